The molecule has 1 aliphatic rings. The third-order valence-corrected chi connectivity index (χ3v) is 6.07. The minimum Gasteiger partial charge on any atom is -0.478 e. The molecular weight excluding hydrogens is 394 g/mol. The lowest BCUT2D eigenvalue weighted by atomic mass is 10.1. The van der Waals surface area contributed by atoms with Crippen molar-refractivity contribution in [2.24, 2.45) is 0 Å². The summed E-state index contributed by atoms with van der Waals surface area (Å²) in [5.74, 6) is -1.12. The number of nitrogens with one attached hydrogen (secondary N) is 1. The molecule has 126 valence electrons. The van der Waals surface area contributed by atoms with Crippen molar-refractivity contribution in [1.82, 2.24) is 0 Å². The molecule has 0 unspecified atom stereocenters. The topological polar surface area (TPSA) is 83.5 Å². The van der Waals surface area contributed by atoms with Gasteiger partial charge in [-0.1, -0.05) is 15.9 Å². The normalized spacial score (nSPS) is 13.6. The van der Waals surface area contributed by atoms with Crippen LogP contribution in [0, 0.1) is 6.92 Å². The van der Waals surface area contributed by atoms with Gasteiger partial charge in [0.1, 0.15) is 0 Å². The molecule has 2 aromatic carbocycles. The molecule has 2 N–H and O–H groups in total. The summed E-state index contributed by atoms with van der Waals surface area (Å²) in [6, 6.07) is 8.08. The molecule has 0 fully saturated rings. The summed E-state index contributed by atoms with van der Waals surface area (Å²) in [4.78, 5) is 11.4. The lowest BCUT2D eigenvalue weighted by Crippen LogP contribution is -2.17. The minimum atomic E-state index is -3.86. The van der Waals surface area contributed by atoms with Crippen molar-refractivity contribution in [1.29, 1.82) is 0 Å². The molecule has 7 heteroatoms. The molecule has 0 aliphatic heterocycles. The average molecular weight is 410 g/mol. The number of hydrogen-bond acceptors (Lipinski definition) is 3. The highest BCUT2D eigenvalue weighted by atomic mass is 79.9. The van der Waals surface area contributed by atoms with Gasteiger partial charge in [0.15, 0.2) is 0 Å². The van der Waals surface area contributed by atoms with E-state index in [1.54, 1.807) is 25.1 Å². The second-order valence-corrected chi connectivity index (χ2v) is 8.40. The molecule has 0 radical (unpaired) electrons. The molecule has 5 nitrogen and oxygen atoms in total. The van der Waals surface area contributed by atoms with E-state index in [0.717, 1.165) is 27.6 Å². The van der Waals surface area contributed by atoms with Crippen molar-refractivity contribution in [3.05, 3.63) is 57.1 Å². The Kier molecular flexibility index (Phi) is 4.40. The Morgan fingerprint density at radius 2 is 1.96 bits per heavy atom. The van der Waals surface area contributed by atoms with Crippen LogP contribution in [-0.4, -0.2) is 19.5 Å². The van der Waals surface area contributed by atoms with Gasteiger partial charge in [-0.25, -0.2) is 13.2 Å². The van der Waals surface area contributed by atoms with Crippen molar-refractivity contribution in [3.63, 3.8) is 0 Å². The Labute approximate surface area is 148 Å². The molecule has 0 amide bonds. The van der Waals surface area contributed by atoms with Crippen molar-refractivity contribution < 1.29 is 18.3 Å². The van der Waals surface area contributed by atoms with Gasteiger partial charge < -0.3 is 5.11 Å². The summed E-state index contributed by atoms with van der Waals surface area (Å²) in [5, 5.41) is 9.25. The fraction of sp³-hybridized carbons (Fsp3) is 0.235. The molecule has 0 saturated heterocycles. The largest absolute Gasteiger partial charge is 0.478 e. The molecule has 24 heavy (non-hydrogen) atoms. The first-order valence-corrected chi connectivity index (χ1v) is 9.73. The Bertz CT molecular complexity index is 938. The molecule has 0 atom stereocenters. The zero-order valence-corrected chi connectivity index (χ0v) is 15.4. The molecular formula is C17H16BrNO4S. The number of fused-ring (bicyclic) bond motifs is 1. The number of benzene rings is 2. The highest BCUT2D eigenvalue weighted by molar-refractivity contribution is 9.10. The summed E-state index contributed by atoms with van der Waals surface area (Å²) >= 11 is 3.34. The Balaban J connectivity index is 2.08. The number of aromatic carboxylic acids is 1. The standard InChI is InChI=1S/C17H16BrNO4S/c1-10-7-13(18)5-6-15(10)19-24(22,23)16-9-12(17(20)21)8-11-3-2-4-14(11)16/h5-9,19H,2-4H2,1H3,(H,20,21). The van der Waals surface area contributed by atoms with Crippen LogP contribution in [0.2, 0.25) is 0 Å². The highest BCUT2D eigenvalue weighted by Crippen LogP contribution is 2.32. The number of rotatable bonds is 4. The van der Waals surface area contributed by atoms with Gasteiger partial charge in [-0.05, 0) is 73.2 Å². The Morgan fingerprint density at radius 1 is 1.21 bits per heavy atom. The van der Waals surface area contributed by atoms with Crippen molar-refractivity contribution in [3.8, 4) is 0 Å². The molecule has 0 bridgehead atoms. The summed E-state index contributed by atoms with van der Waals surface area (Å²) in [5.41, 5.74) is 2.79. The highest BCUT2D eigenvalue weighted by Gasteiger charge is 2.26. The molecule has 0 spiro atoms. The van der Waals surface area contributed by atoms with Crippen LogP contribution in [0.4, 0.5) is 5.69 Å². The molecule has 2 aromatic rings. The van der Waals surface area contributed by atoms with Gasteiger partial charge in [0.2, 0.25) is 0 Å². The number of sulfonamides is 1. The monoisotopic (exact) mass is 409 g/mol. The fourth-order valence-electron chi connectivity index (χ4n) is 2.97. The van der Waals surface area contributed by atoms with Crippen LogP contribution in [0.25, 0.3) is 0 Å². The van der Waals surface area contributed by atoms with Crippen LogP contribution in [-0.2, 0) is 22.9 Å². The zero-order chi connectivity index (χ0) is 17.5. The summed E-state index contributed by atoms with van der Waals surface area (Å²) < 4.78 is 29.2. The van der Waals surface area contributed by atoms with Crippen LogP contribution in [0.1, 0.15) is 33.5 Å². The Hall–Kier alpha value is -1.86. The fourth-order valence-corrected chi connectivity index (χ4v) is 4.91. The maximum atomic E-state index is 12.9. The lowest BCUT2D eigenvalue weighted by molar-refractivity contribution is 0.0696. The molecule has 3 rings (SSSR count). The molecule has 0 saturated carbocycles. The third kappa shape index (κ3) is 3.18. The first-order chi connectivity index (χ1) is 11.3. The summed E-state index contributed by atoms with van der Waals surface area (Å²) in [7, 11) is -3.86. The number of hydrogen-bond donors (Lipinski definition) is 2. The number of carbonyl (C=O) groups is 1. The number of carboxylic acid groups (broad SMARTS) is 1. The zero-order valence-electron chi connectivity index (χ0n) is 13.0. The SMILES string of the molecule is Cc1cc(Br)ccc1NS(=O)(=O)c1cc(C(=O)O)cc2c1CCC2. The number of carboxylic acids is 1. The van der Waals surface area contributed by atoms with E-state index in [9.17, 15) is 18.3 Å². The molecule has 0 heterocycles. The quantitative estimate of drug-likeness (QED) is 0.805. The predicted octanol–water partition coefficient (Wildman–Crippen LogP) is 3.75. The van der Waals surface area contributed by atoms with E-state index < -0.39 is 16.0 Å². The van der Waals surface area contributed by atoms with Gasteiger partial charge in [-0.15, -0.1) is 0 Å². The van der Waals surface area contributed by atoms with Crippen molar-refractivity contribution >= 4 is 37.6 Å². The molecule has 1 aliphatic carbocycles. The first-order valence-electron chi connectivity index (χ1n) is 7.46. The van der Waals surface area contributed by atoms with E-state index in [1.807, 2.05) is 6.07 Å². The van der Waals surface area contributed by atoms with E-state index in [4.69, 9.17) is 0 Å². The minimum absolute atomic E-state index is 0.00329. The third-order valence-electron chi connectivity index (χ3n) is 4.14. The number of aryl methyl sites for hydroxylation is 2. The van der Waals surface area contributed by atoms with Crippen LogP contribution in [0.3, 0.4) is 0 Å². The van der Waals surface area contributed by atoms with Gasteiger partial charge in [0.05, 0.1) is 16.1 Å². The van der Waals surface area contributed by atoms with Crippen LogP contribution < -0.4 is 4.72 Å². The maximum Gasteiger partial charge on any atom is 0.335 e. The van der Waals surface area contributed by atoms with Gasteiger partial charge in [-0.3, -0.25) is 4.72 Å². The van der Waals surface area contributed by atoms with E-state index in [-0.39, 0.29) is 10.5 Å². The average Bonchev–Trinajstić information content (AvgIpc) is 2.97. The second kappa shape index (κ2) is 6.22. The molecule has 0 aromatic heterocycles. The van der Waals surface area contributed by atoms with Crippen LogP contribution in [0.5, 0.6) is 0 Å². The number of halogens is 1. The van der Waals surface area contributed by atoms with Gasteiger partial charge in [-0.2, -0.15) is 0 Å². The van der Waals surface area contributed by atoms with Gasteiger partial charge in [0.25, 0.3) is 10.0 Å². The maximum absolute atomic E-state index is 12.9. The smallest absolute Gasteiger partial charge is 0.335 e. The lowest BCUT2D eigenvalue weighted by Gasteiger charge is -2.14. The Morgan fingerprint density at radius 3 is 2.62 bits per heavy atom. The summed E-state index contributed by atoms with van der Waals surface area (Å²) in [6.45, 7) is 1.81. The van der Waals surface area contributed by atoms with Crippen molar-refractivity contribution in [2.45, 2.75) is 31.1 Å². The predicted molar refractivity (Wildman–Crippen MR) is 95.1 cm³/mol. The van der Waals surface area contributed by atoms with E-state index in [1.165, 1.54) is 6.07 Å². The van der Waals surface area contributed by atoms with Gasteiger partial charge in [0, 0.05) is 4.47 Å². The number of anilines is 1. The van der Waals surface area contributed by atoms with Crippen LogP contribution in [0.15, 0.2) is 39.7 Å². The van der Waals surface area contributed by atoms with Gasteiger partial charge >= 0.3 is 5.97 Å². The first kappa shape index (κ1) is 17.0. The van der Waals surface area contributed by atoms with E-state index >= 15 is 0 Å². The summed E-state index contributed by atoms with van der Waals surface area (Å²) in [6.07, 6.45) is 2.18. The second-order valence-electron chi connectivity index (χ2n) is 5.84. The van der Waals surface area contributed by atoms with Crippen molar-refractivity contribution in [2.75, 3.05) is 4.72 Å². The van der Waals surface area contributed by atoms with Crippen LogP contribution >= 0.6 is 15.9 Å². The van der Waals surface area contributed by atoms with E-state index in [2.05, 4.69) is 20.7 Å². The van der Waals surface area contributed by atoms with E-state index in [0.29, 0.717) is 18.5 Å².